The minimum Gasteiger partial charge on any atom is -0.314 e. The van der Waals surface area contributed by atoms with Crippen molar-refractivity contribution in [3.63, 3.8) is 0 Å². The SMILES string of the molecule is CCC(=O)C(=O)Nc1ccc(Br)cc1[N+](=O)[O-]. The van der Waals surface area contributed by atoms with Gasteiger partial charge in [0.2, 0.25) is 5.78 Å². The molecule has 6 nitrogen and oxygen atoms in total. The Morgan fingerprint density at radius 2 is 2.12 bits per heavy atom. The fraction of sp³-hybridized carbons (Fsp3) is 0.200. The van der Waals surface area contributed by atoms with Crippen LogP contribution in [0.4, 0.5) is 11.4 Å². The number of Topliss-reactive ketones (excluding diaryl/α,β-unsaturated/α-hetero) is 1. The Morgan fingerprint density at radius 1 is 1.47 bits per heavy atom. The van der Waals surface area contributed by atoms with E-state index in [1.807, 2.05) is 0 Å². The van der Waals surface area contributed by atoms with Crippen molar-refractivity contribution >= 4 is 39.0 Å². The van der Waals surface area contributed by atoms with E-state index in [1.54, 1.807) is 6.07 Å². The lowest BCUT2D eigenvalue weighted by molar-refractivity contribution is -0.384. The highest BCUT2D eigenvalue weighted by atomic mass is 79.9. The van der Waals surface area contributed by atoms with Crippen molar-refractivity contribution in [2.24, 2.45) is 0 Å². The molecule has 0 atom stereocenters. The molecular formula is C10H9BrN2O4. The third-order valence-corrected chi connectivity index (χ3v) is 2.47. The average molecular weight is 301 g/mol. The van der Waals surface area contributed by atoms with Gasteiger partial charge in [-0.2, -0.15) is 0 Å². The van der Waals surface area contributed by atoms with Gasteiger partial charge in [-0.25, -0.2) is 0 Å². The van der Waals surface area contributed by atoms with Crippen molar-refractivity contribution in [2.75, 3.05) is 5.32 Å². The Kier molecular flexibility index (Phi) is 4.33. The number of carbonyl (C=O) groups is 2. The maximum absolute atomic E-state index is 11.3. The van der Waals surface area contributed by atoms with Crippen LogP contribution in [0.3, 0.4) is 0 Å². The number of hydrogen-bond acceptors (Lipinski definition) is 4. The molecule has 0 fully saturated rings. The zero-order valence-corrected chi connectivity index (χ0v) is 10.5. The fourth-order valence-corrected chi connectivity index (χ4v) is 1.46. The molecule has 0 unspecified atom stereocenters. The summed E-state index contributed by atoms with van der Waals surface area (Å²) in [4.78, 5) is 32.5. The molecule has 7 heteroatoms. The van der Waals surface area contributed by atoms with Crippen LogP contribution in [0.1, 0.15) is 13.3 Å². The van der Waals surface area contributed by atoms with Gasteiger partial charge in [-0.05, 0) is 12.1 Å². The summed E-state index contributed by atoms with van der Waals surface area (Å²) in [5, 5.41) is 13.0. The highest BCUT2D eigenvalue weighted by molar-refractivity contribution is 9.10. The molecule has 0 aromatic heterocycles. The second-order valence-corrected chi connectivity index (χ2v) is 4.07. The van der Waals surface area contributed by atoms with E-state index in [1.165, 1.54) is 19.1 Å². The van der Waals surface area contributed by atoms with Gasteiger partial charge in [0, 0.05) is 17.0 Å². The number of ketones is 1. The first-order valence-corrected chi connectivity index (χ1v) is 5.53. The molecule has 0 saturated carbocycles. The zero-order chi connectivity index (χ0) is 13.0. The maximum atomic E-state index is 11.3. The van der Waals surface area contributed by atoms with E-state index >= 15 is 0 Å². The molecule has 1 amide bonds. The number of rotatable bonds is 4. The molecule has 17 heavy (non-hydrogen) atoms. The molecule has 1 aromatic rings. The Balaban J connectivity index is 3.02. The van der Waals surface area contributed by atoms with Gasteiger partial charge in [0.1, 0.15) is 5.69 Å². The van der Waals surface area contributed by atoms with Crippen molar-refractivity contribution in [2.45, 2.75) is 13.3 Å². The Labute approximate surface area is 105 Å². The first kappa shape index (κ1) is 13.3. The van der Waals surface area contributed by atoms with Crippen molar-refractivity contribution in [3.8, 4) is 0 Å². The molecule has 0 saturated heterocycles. The van der Waals surface area contributed by atoms with Crippen molar-refractivity contribution in [1.82, 2.24) is 0 Å². The summed E-state index contributed by atoms with van der Waals surface area (Å²) in [5.41, 5.74) is -0.262. The summed E-state index contributed by atoms with van der Waals surface area (Å²) in [7, 11) is 0. The van der Waals surface area contributed by atoms with E-state index in [-0.39, 0.29) is 17.8 Å². The number of nitrogens with zero attached hydrogens (tertiary/aromatic N) is 1. The van der Waals surface area contributed by atoms with E-state index in [9.17, 15) is 19.7 Å². The summed E-state index contributed by atoms with van der Waals surface area (Å²) < 4.78 is 0.518. The van der Waals surface area contributed by atoms with Crippen LogP contribution >= 0.6 is 15.9 Å². The number of benzene rings is 1. The number of halogens is 1. The monoisotopic (exact) mass is 300 g/mol. The first-order valence-electron chi connectivity index (χ1n) is 4.73. The van der Waals surface area contributed by atoms with E-state index in [4.69, 9.17) is 0 Å². The number of amides is 1. The van der Waals surface area contributed by atoms with Crippen LogP contribution < -0.4 is 5.32 Å². The standard InChI is InChI=1S/C10H9BrN2O4/c1-2-9(14)10(15)12-7-4-3-6(11)5-8(7)13(16)17/h3-5H,2H2,1H3,(H,12,15). The van der Waals surface area contributed by atoms with E-state index in [0.29, 0.717) is 4.47 Å². The van der Waals surface area contributed by atoms with E-state index in [0.717, 1.165) is 0 Å². The predicted molar refractivity (Wildman–Crippen MR) is 64.7 cm³/mol. The molecule has 0 bridgehead atoms. The topological polar surface area (TPSA) is 89.3 Å². The van der Waals surface area contributed by atoms with Gasteiger partial charge in [-0.3, -0.25) is 19.7 Å². The Hall–Kier alpha value is -1.76. The number of carbonyl (C=O) groups excluding carboxylic acids is 2. The summed E-state index contributed by atoms with van der Waals surface area (Å²) in [5.74, 6) is -1.47. The molecule has 1 rings (SSSR count). The highest BCUT2D eigenvalue weighted by Crippen LogP contribution is 2.27. The quantitative estimate of drug-likeness (QED) is 0.525. The third-order valence-electron chi connectivity index (χ3n) is 1.98. The molecule has 1 N–H and O–H groups in total. The minimum absolute atomic E-state index is 0.00463. The van der Waals surface area contributed by atoms with Gasteiger partial charge < -0.3 is 5.32 Å². The van der Waals surface area contributed by atoms with Crippen molar-refractivity contribution in [1.29, 1.82) is 0 Å². The largest absolute Gasteiger partial charge is 0.314 e. The van der Waals surface area contributed by atoms with Crippen molar-refractivity contribution < 1.29 is 14.5 Å². The summed E-state index contributed by atoms with van der Waals surface area (Å²) in [6.07, 6.45) is 0.0517. The van der Waals surface area contributed by atoms with Crippen LogP contribution in [0.25, 0.3) is 0 Å². The average Bonchev–Trinajstić information content (AvgIpc) is 2.29. The second-order valence-electron chi connectivity index (χ2n) is 3.15. The minimum atomic E-state index is -0.849. The molecule has 0 aliphatic rings. The molecule has 90 valence electrons. The zero-order valence-electron chi connectivity index (χ0n) is 8.90. The molecule has 0 radical (unpaired) electrons. The molecule has 1 aromatic carbocycles. The fourth-order valence-electron chi connectivity index (χ4n) is 1.11. The van der Waals surface area contributed by atoms with Crippen LogP contribution in [-0.4, -0.2) is 16.6 Å². The van der Waals surface area contributed by atoms with Crippen molar-refractivity contribution in [3.05, 3.63) is 32.8 Å². The summed E-state index contributed by atoms with van der Waals surface area (Å²) in [6, 6.07) is 4.16. The molecule has 0 aliphatic heterocycles. The third kappa shape index (κ3) is 3.35. The smallest absolute Gasteiger partial charge is 0.293 e. The molecular weight excluding hydrogens is 292 g/mol. The van der Waals surface area contributed by atoms with Crippen LogP contribution in [-0.2, 0) is 9.59 Å². The van der Waals surface area contributed by atoms with Gasteiger partial charge in [0.05, 0.1) is 4.92 Å². The normalized spacial score (nSPS) is 9.76. The van der Waals surface area contributed by atoms with E-state index < -0.39 is 16.6 Å². The lowest BCUT2D eigenvalue weighted by Gasteiger charge is -2.04. The van der Waals surface area contributed by atoms with Crippen LogP contribution in [0, 0.1) is 10.1 Å². The molecule has 0 aliphatic carbocycles. The summed E-state index contributed by atoms with van der Waals surface area (Å²) in [6.45, 7) is 1.54. The number of anilines is 1. The van der Waals surface area contributed by atoms with Crippen LogP contribution in [0.2, 0.25) is 0 Å². The number of hydrogen-bond donors (Lipinski definition) is 1. The lowest BCUT2D eigenvalue weighted by atomic mass is 10.2. The Morgan fingerprint density at radius 3 is 2.65 bits per heavy atom. The van der Waals surface area contributed by atoms with Gasteiger partial charge in [0.15, 0.2) is 0 Å². The number of nitro groups is 1. The number of nitrogens with one attached hydrogen (secondary N) is 1. The Bertz CT molecular complexity index is 487. The highest BCUT2D eigenvalue weighted by Gasteiger charge is 2.18. The summed E-state index contributed by atoms with van der Waals surface area (Å²) >= 11 is 3.09. The van der Waals surface area contributed by atoms with Crippen LogP contribution in [0.5, 0.6) is 0 Å². The van der Waals surface area contributed by atoms with Gasteiger partial charge >= 0.3 is 0 Å². The van der Waals surface area contributed by atoms with Gasteiger partial charge in [0.25, 0.3) is 11.6 Å². The molecule has 0 heterocycles. The van der Waals surface area contributed by atoms with Crippen LogP contribution in [0.15, 0.2) is 22.7 Å². The predicted octanol–water partition coefficient (Wildman–Crippen LogP) is 2.27. The number of nitro benzene ring substituents is 1. The first-order chi connectivity index (χ1) is 7.95. The lowest BCUT2D eigenvalue weighted by Crippen LogP contribution is -2.22. The van der Waals surface area contributed by atoms with Gasteiger partial charge in [-0.1, -0.05) is 22.9 Å². The molecule has 0 spiro atoms. The second kappa shape index (κ2) is 5.53. The maximum Gasteiger partial charge on any atom is 0.293 e. The van der Waals surface area contributed by atoms with E-state index in [2.05, 4.69) is 21.2 Å². The van der Waals surface area contributed by atoms with Gasteiger partial charge in [-0.15, -0.1) is 0 Å².